The Morgan fingerprint density at radius 1 is 1.27 bits per heavy atom. The van der Waals surface area contributed by atoms with Crippen LogP contribution in [0.1, 0.15) is 61.5 Å². The molecule has 2 saturated carbocycles. The summed E-state index contributed by atoms with van der Waals surface area (Å²) >= 11 is 6.69. The third-order valence-corrected chi connectivity index (χ3v) is 9.66. The van der Waals surface area contributed by atoms with Crippen molar-refractivity contribution in [2.24, 2.45) is 11.8 Å². The molecule has 1 aromatic carbocycles. The summed E-state index contributed by atoms with van der Waals surface area (Å²) in [4.78, 5) is 13.0. The highest BCUT2D eigenvalue weighted by Crippen LogP contribution is 2.51. The molecule has 2 fully saturated rings. The van der Waals surface area contributed by atoms with Crippen molar-refractivity contribution in [2.75, 3.05) is 19.9 Å². The second-order valence-corrected chi connectivity index (χ2v) is 12.9. The second kappa shape index (κ2) is 10.9. The van der Waals surface area contributed by atoms with Gasteiger partial charge in [-0.3, -0.25) is 9.48 Å². The number of nitrogens with zero attached hydrogens (tertiary/aromatic N) is 2. The van der Waals surface area contributed by atoms with Gasteiger partial charge in [-0.15, -0.1) is 0 Å². The van der Waals surface area contributed by atoms with Crippen LogP contribution in [-0.2, 0) is 22.8 Å². The maximum atomic E-state index is 13.2. The number of rotatable bonds is 10. The molecule has 1 atom stereocenters. The quantitative estimate of drug-likeness (QED) is 0.436. The van der Waals surface area contributed by atoms with Crippen molar-refractivity contribution in [3.8, 4) is 17.0 Å². The number of amides is 1. The number of halogens is 3. The Morgan fingerprint density at radius 2 is 1.95 bits per heavy atom. The van der Waals surface area contributed by atoms with Crippen LogP contribution in [0.4, 0.5) is 8.78 Å². The van der Waals surface area contributed by atoms with Gasteiger partial charge in [-0.05, 0) is 69.1 Å². The predicted molar refractivity (Wildman–Crippen MR) is 139 cm³/mol. The molecule has 204 valence electrons. The monoisotopic (exact) mass is 557 g/mol. The topological polar surface area (TPSA) is 90.3 Å². The molecule has 7 nitrogen and oxygen atoms in total. The summed E-state index contributed by atoms with van der Waals surface area (Å²) in [5.74, 6) is -2.73. The molecular formula is C26H34ClF2N3O4S. The molecule has 0 unspecified atom stereocenters. The van der Waals surface area contributed by atoms with Crippen LogP contribution >= 0.6 is 11.6 Å². The summed E-state index contributed by atoms with van der Waals surface area (Å²) in [6.45, 7) is 2.79. The van der Waals surface area contributed by atoms with Crippen LogP contribution < -0.4 is 10.1 Å². The van der Waals surface area contributed by atoms with Crippen LogP contribution in [0.5, 0.6) is 5.75 Å². The zero-order valence-electron chi connectivity index (χ0n) is 21.4. The first-order valence-corrected chi connectivity index (χ1v) is 15.1. The van der Waals surface area contributed by atoms with Gasteiger partial charge in [0.1, 0.15) is 15.6 Å². The number of carbonyl (C=O) groups excluding carboxylic acids is 1. The van der Waals surface area contributed by atoms with E-state index in [1.165, 1.54) is 13.4 Å². The first-order valence-electron chi connectivity index (χ1n) is 12.7. The molecule has 2 aliphatic rings. The fourth-order valence-corrected chi connectivity index (χ4v) is 6.62. The molecule has 2 aromatic rings. The number of carbonyl (C=O) groups is 1. The average Bonchev–Trinajstić information content (AvgIpc) is 3.34. The highest BCUT2D eigenvalue weighted by molar-refractivity contribution is 7.91. The van der Waals surface area contributed by atoms with Crippen molar-refractivity contribution in [1.82, 2.24) is 15.1 Å². The largest absolute Gasteiger partial charge is 0.496 e. The van der Waals surface area contributed by atoms with Crippen molar-refractivity contribution >= 4 is 27.3 Å². The number of ether oxygens (including phenoxy) is 1. The molecule has 0 saturated heterocycles. The molecular weight excluding hydrogens is 524 g/mol. The Morgan fingerprint density at radius 3 is 2.51 bits per heavy atom. The van der Waals surface area contributed by atoms with E-state index in [4.69, 9.17) is 16.3 Å². The second-order valence-electron chi connectivity index (χ2n) is 10.2. The normalized spacial score (nSPS) is 23.0. The molecule has 0 aliphatic heterocycles. The lowest BCUT2D eigenvalue weighted by molar-refractivity contribution is 0.0936. The number of benzene rings is 1. The smallest absolute Gasteiger partial charge is 0.273 e. The Bertz CT molecular complexity index is 1260. The number of hydrogen-bond acceptors (Lipinski definition) is 5. The number of aromatic nitrogens is 2. The van der Waals surface area contributed by atoms with Crippen LogP contribution in [-0.4, -0.2) is 55.2 Å². The van der Waals surface area contributed by atoms with E-state index in [-0.39, 0.29) is 34.2 Å². The minimum Gasteiger partial charge on any atom is -0.496 e. The molecule has 0 bridgehead atoms. The molecule has 0 spiro atoms. The van der Waals surface area contributed by atoms with Crippen LogP contribution in [0.2, 0.25) is 5.02 Å². The number of alkyl halides is 2. The van der Waals surface area contributed by atoms with E-state index in [9.17, 15) is 22.0 Å². The fraction of sp³-hybridized carbons (Fsp3) is 0.615. The number of methoxy groups -OCH3 is 1. The van der Waals surface area contributed by atoms with E-state index in [1.54, 1.807) is 4.68 Å². The molecule has 1 N–H and O–H groups in total. The molecule has 1 amide bonds. The summed E-state index contributed by atoms with van der Waals surface area (Å²) in [5.41, 5.74) is 2.23. The first kappa shape index (κ1) is 27.8. The van der Waals surface area contributed by atoms with E-state index < -0.39 is 21.7 Å². The molecule has 11 heteroatoms. The Balaban J connectivity index is 1.46. The Hall–Kier alpha value is -2.20. The van der Waals surface area contributed by atoms with Crippen molar-refractivity contribution in [2.45, 2.75) is 69.6 Å². The summed E-state index contributed by atoms with van der Waals surface area (Å²) in [6, 6.07) is 5.52. The van der Waals surface area contributed by atoms with Crippen molar-refractivity contribution in [3.05, 3.63) is 34.5 Å². The summed E-state index contributed by atoms with van der Waals surface area (Å²) in [7, 11) is -1.50. The Kier molecular flexibility index (Phi) is 8.19. The summed E-state index contributed by atoms with van der Waals surface area (Å²) in [6.07, 6.45) is 4.87. The number of aryl methyl sites for hydroxylation is 2. The van der Waals surface area contributed by atoms with E-state index in [0.29, 0.717) is 55.8 Å². The van der Waals surface area contributed by atoms with Crippen LogP contribution in [0.15, 0.2) is 18.2 Å². The van der Waals surface area contributed by atoms with E-state index >= 15 is 0 Å². The molecule has 37 heavy (non-hydrogen) atoms. The van der Waals surface area contributed by atoms with Gasteiger partial charge >= 0.3 is 0 Å². The molecule has 1 aromatic heterocycles. The zero-order chi connectivity index (χ0) is 27.0. The van der Waals surface area contributed by atoms with Crippen LogP contribution in [0, 0.1) is 11.8 Å². The van der Waals surface area contributed by atoms with E-state index in [2.05, 4.69) is 10.4 Å². The first-order chi connectivity index (χ1) is 17.4. The minimum atomic E-state index is -3.04. The van der Waals surface area contributed by atoms with Gasteiger partial charge in [-0.1, -0.05) is 17.7 Å². The van der Waals surface area contributed by atoms with Crippen molar-refractivity contribution in [3.63, 3.8) is 0 Å². The maximum absolute atomic E-state index is 13.2. The minimum absolute atomic E-state index is 0.0414. The van der Waals surface area contributed by atoms with Gasteiger partial charge in [0.2, 0.25) is 0 Å². The van der Waals surface area contributed by atoms with Crippen molar-refractivity contribution < 1.29 is 26.7 Å². The zero-order valence-corrected chi connectivity index (χ0v) is 23.0. The third-order valence-electron chi connectivity index (χ3n) is 7.62. The van der Waals surface area contributed by atoms with E-state index in [0.717, 1.165) is 18.4 Å². The summed E-state index contributed by atoms with van der Waals surface area (Å²) in [5, 5.41) is 7.28. The molecule has 4 rings (SSSR count). The molecule has 0 radical (unpaired) electrons. The number of nitrogens with one attached hydrogen (secondary N) is 1. The number of sulfone groups is 1. The average molecular weight is 558 g/mol. The SMILES string of the molecule is CCn1nc(C(=O)NCC2CCC(S(C)(=O)=O)CC2)c(Cl)c1-c1ccc(CC[C@H]2CC2(F)F)cc1OC. The standard InChI is InChI=1S/C26H34ClF2N3O4S/c1-4-32-24(20-12-8-16(13-21(20)36-2)5-9-18-14-26(18,28)29)22(27)23(31-32)25(33)30-15-17-6-10-19(11-7-17)37(3,34)35/h8,12-13,17-19H,4-7,9-11,14-15H2,1-3H3,(H,30,33)/t17?,18-,19?/m0/s1. The lowest BCUT2D eigenvalue weighted by Crippen LogP contribution is -2.34. The summed E-state index contributed by atoms with van der Waals surface area (Å²) < 4.78 is 57.3. The lowest BCUT2D eigenvalue weighted by atomic mass is 9.89. The number of hydrogen-bond donors (Lipinski definition) is 1. The van der Waals surface area contributed by atoms with Crippen LogP contribution in [0.3, 0.4) is 0 Å². The molecule has 1 heterocycles. The van der Waals surface area contributed by atoms with Gasteiger partial charge in [0.15, 0.2) is 5.69 Å². The maximum Gasteiger partial charge on any atom is 0.273 e. The van der Waals surface area contributed by atoms with Gasteiger partial charge in [0.25, 0.3) is 11.8 Å². The van der Waals surface area contributed by atoms with Gasteiger partial charge in [0.05, 0.1) is 23.1 Å². The molecule has 2 aliphatic carbocycles. The lowest BCUT2D eigenvalue weighted by Gasteiger charge is -2.27. The highest BCUT2D eigenvalue weighted by Gasteiger charge is 2.55. The van der Waals surface area contributed by atoms with Crippen molar-refractivity contribution in [1.29, 1.82) is 0 Å². The highest BCUT2D eigenvalue weighted by atomic mass is 35.5. The van der Waals surface area contributed by atoms with Gasteiger partial charge < -0.3 is 10.1 Å². The fourth-order valence-electron chi connectivity index (χ4n) is 5.17. The van der Waals surface area contributed by atoms with Crippen LogP contribution in [0.25, 0.3) is 11.3 Å². The predicted octanol–water partition coefficient (Wildman–Crippen LogP) is 5.15. The van der Waals surface area contributed by atoms with E-state index in [1.807, 2.05) is 25.1 Å². The third kappa shape index (κ3) is 6.28. The van der Waals surface area contributed by atoms with Gasteiger partial charge in [-0.2, -0.15) is 5.10 Å². The van der Waals surface area contributed by atoms with Gasteiger partial charge in [-0.25, -0.2) is 17.2 Å². The van der Waals surface area contributed by atoms with Gasteiger partial charge in [0, 0.05) is 37.2 Å². The Labute approximate surface area is 221 Å².